The summed E-state index contributed by atoms with van der Waals surface area (Å²) in [4.78, 5) is 4.02. The number of hydrogen-bond acceptors (Lipinski definition) is 3. The number of aromatic nitrogens is 1. The van der Waals surface area contributed by atoms with E-state index < -0.39 is 0 Å². The minimum atomic E-state index is 0.315. The number of nitrogens with zero attached hydrogens (tertiary/aromatic N) is 1. The minimum absolute atomic E-state index is 0.315. The number of aromatic hydroxyl groups is 1. The van der Waals surface area contributed by atoms with Crippen LogP contribution in [-0.4, -0.2) is 16.6 Å². The Balaban J connectivity index is 1.87. The summed E-state index contributed by atoms with van der Waals surface area (Å²) in [6.45, 7) is 3.10. The molecule has 19 heavy (non-hydrogen) atoms. The maximum atomic E-state index is 9.31. The summed E-state index contributed by atoms with van der Waals surface area (Å²) in [7, 11) is 0. The van der Waals surface area contributed by atoms with Crippen LogP contribution in [0.5, 0.6) is 5.75 Å². The number of hydrogen-bond donors (Lipinski definition) is 2. The normalized spacial score (nSPS) is 12.3. The molecule has 2 aromatic rings. The fourth-order valence-electron chi connectivity index (χ4n) is 2.14. The zero-order valence-corrected chi connectivity index (χ0v) is 11.2. The van der Waals surface area contributed by atoms with Crippen LogP contribution in [-0.2, 0) is 6.42 Å². The van der Waals surface area contributed by atoms with Gasteiger partial charge in [-0.05, 0) is 54.8 Å². The zero-order valence-electron chi connectivity index (χ0n) is 11.2. The van der Waals surface area contributed by atoms with Crippen LogP contribution < -0.4 is 5.32 Å². The zero-order chi connectivity index (χ0) is 13.5. The van der Waals surface area contributed by atoms with Crippen molar-refractivity contribution in [2.24, 2.45) is 0 Å². The molecule has 1 heterocycles. The van der Waals surface area contributed by atoms with Crippen molar-refractivity contribution >= 4 is 0 Å². The van der Waals surface area contributed by atoms with Gasteiger partial charge in [-0.3, -0.25) is 4.98 Å². The number of nitrogens with one attached hydrogen (secondary N) is 1. The van der Waals surface area contributed by atoms with Gasteiger partial charge in [0, 0.05) is 18.4 Å². The minimum Gasteiger partial charge on any atom is -0.508 e. The first-order valence-electron chi connectivity index (χ1n) is 6.71. The largest absolute Gasteiger partial charge is 0.508 e. The molecule has 0 saturated heterocycles. The Kier molecular flexibility index (Phi) is 4.93. The molecule has 0 fully saturated rings. The van der Waals surface area contributed by atoms with E-state index in [1.807, 2.05) is 36.7 Å². The topological polar surface area (TPSA) is 45.2 Å². The van der Waals surface area contributed by atoms with Crippen LogP contribution in [0, 0.1) is 0 Å². The Morgan fingerprint density at radius 1 is 1.11 bits per heavy atom. The number of rotatable bonds is 6. The van der Waals surface area contributed by atoms with E-state index in [1.165, 1.54) is 11.1 Å². The molecule has 0 aliphatic carbocycles. The SMILES string of the molecule is CCC(NCCc1ccncc1)c1ccc(O)cc1. The van der Waals surface area contributed by atoms with Gasteiger partial charge >= 0.3 is 0 Å². The molecule has 0 saturated carbocycles. The average molecular weight is 256 g/mol. The Bertz CT molecular complexity index is 482. The molecule has 0 radical (unpaired) electrons. The molecule has 1 aromatic carbocycles. The summed E-state index contributed by atoms with van der Waals surface area (Å²) in [6.07, 6.45) is 5.68. The van der Waals surface area contributed by atoms with Crippen molar-refractivity contribution in [3.63, 3.8) is 0 Å². The second-order valence-electron chi connectivity index (χ2n) is 4.61. The van der Waals surface area contributed by atoms with Crippen LogP contribution in [0.3, 0.4) is 0 Å². The third-order valence-corrected chi connectivity index (χ3v) is 3.26. The van der Waals surface area contributed by atoms with Crippen LogP contribution in [0.1, 0.15) is 30.5 Å². The van der Waals surface area contributed by atoms with E-state index in [9.17, 15) is 5.11 Å². The third kappa shape index (κ3) is 4.07. The van der Waals surface area contributed by atoms with E-state index in [0.29, 0.717) is 11.8 Å². The fourth-order valence-corrected chi connectivity index (χ4v) is 2.14. The molecule has 2 rings (SSSR count). The molecule has 2 N–H and O–H groups in total. The lowest BCUT2D eigenvalue weighted by Crippen LogP contribution is -2.23. The van der Waals surface area contributed by atoms with E-state index in [0.717, 1.165) is 19.4 Å². The highest BCUT2D eigenvalue weighted by molar-refractivity contribution is 5.28. The molecule has 0 aliphatic rings. The molecule has 100 valence electrons. The van der Waals surface area contributed by atoms with Gasteiger partial charge in [0.05, 0.1) is 0 Å². The second kappa shape index (κ2) is 6.90. The van der Waals surface area contributed by atoms with E-state index >= 15 is 0 Å². The standard InChI is InChI=1S/C16H20N2O/c1-2-16(14-3-5-15(19)6-4-14)18-12-9-13-7-10-17-11-8-13/h3-8,10-11,16,18-19H,2,9,12H2,1H3. The molecule has 3 heteroatoms. The van der Waals surface area contributed by atoms with Crippen molar-refractivity contribution in [2.45, 2.75) is 25.8 Å². The Morgan fingerprint density at radius 3 is 2.42 bits per heavy atom. The van der Waals surface area contributed by atoms with Gasteiger partial charge in [-0.15, -0.1) is 0 Å². The van der Waals surface area contributed by atoms with Crippen molar-refractivity contribution < 1.29 is 5.11 Å². The molecular formula is C16H20N2O. The Morgan fingerprint density at radius 2 is 1.79 bits per heavy atom. The first-order valence-corrected chi connectivity index (χ1v) is 6.71. The highest BCUT2D eigenvalue weighted by atomic mass is 16.3. The van der Waals surface area contributed by atoms with Gasteiger partial charge in [0.15, 0.2) is 0 Å². The first-order chi connectivity index (χ1) is 9.29. The number of benzene rings is 1. The average Bonchev–Trinajstić information content (AvgIpc) is 2.46. The van der Waals surface area contributed by atoms with Crippen molar-refractivity contribution in [1.29, 1.82) is 0 Å². The lowest BCUT2D eigenvalue weighted by Gasteiger charge is -2.17. The second-order valence-corrected chi connectivity index (χ2v) is 4.61. The Hall–Kier alpha value is -1.87. The van der Waals surface area contributed by atoms with Gasteiger partial charge in [-0.25, -0.2) is 0 Å². The van der Waals surface area contributed by atoms with E-state index in [4.69, 9.17) is 0 Å². The molecule has 1 unspecified atom stereocenters. The van der Waals surface area contributed by atoms with Gasteiger partial charge in [0.2, 0.25) is 0 Å². The van der Waals surface area contributed by atoms with Crippen LogP contribution >= 0.6 is 0 Å². The maximum absolute atomic E-state index is 9.31. The summed E-state index contributed by atoms with van der Waals surface area (Å²) in [6, 6.07) is 11.9. The summed E-state index contributed by atoms with van der Waals surface area (Å²) < 4.78 is 0. The van der Waals surface area contributed by atoms with Crippen LogP contribution in [0.4, 0.5) is 0 Å². The maximum Gasteiger partial charge on any atom is 0.115 e. The smallest absolute Gasteiger partial charge is 0.115 e. The van der Waals surface area contributed by atoms with Crippen LogP contribution in [0.15, 0.2) is 48.8 Å². The predicted octanol–water partition coefficient (Wildman–Crippen LogP) is 3.07. The molecule has 3 nitrogen and oxygen atoms in total. The first kappa shape index (κ1) is 13.6. The Labute approximate surface area is 114 Å². The molecule has 0 spiro atoms. The van der Waals surface area contributed by atoms with Crippen molar-refractivity contribution in [3.05, 3.63) is 59.9 Å². The number of phenolic OH excluding ortho intramolecular Hbond substituents is 1. The lowest BCUT2D eigenvalue weighted by molar-refractivity contribution is 0.473. The van der Waals surface area contributed by atoms with E-state index in [-0.39, 0.29) is 0 Å². The molecule has 1 aromatic heterocycles. The monoisotopic (exact) mass is 256 g/mol. The van der Waals surface area contributed by atoms with E-state index in [2.05, 4.69) is 17.2 Å². The molecule has 0 amide bonds. The highest BCUT2D eigenvalue weighted by Gasteiger charge is 2.08. The van der Waals surface area contributed by atoms with Gasteiger partial charge in [-0.1, -0.05) is 19.1 Å². The van der Waals surface area contributed by atoms with Gasteiger partial charge in [0.1, 0.15) is 5.75 Å². The number of phenols is 1. The number of pyridine rings is 1. The van der Waals surface area contributed by atoms with Crippen LogP contribution in [0.25, 0.3) is 0 Å². The fraction of sp³-hybridized carbons (Fsp3) is 0.312. The predicted molar refractivity (Wildman–Crippen MR) is 77.1 cm³/mol. The van der Waals surface area contributed by atoms with Gasteiger partial charge in [-0.2, -0.15) is 0 Å². The molecule has 1 atom stereocenters. The summed E-state index contributed by atoms with van der Waals surface area (Å²) in [5.41, 5.74) is 2.51. The summed E-state index contributed by atoms with van der Waals surface area (Å²) in [5, 5.41) is 12.9. The third-order valence-electron chi connectivity index (χ3n) is 3.26. The van der Waals surface area contributed by atoms with Gasteiger partial charge < -0.3 is 10.4 Å². The van der Waals surface area contributed by atoms with Crippen molar-refractivity contribution in [1.82, 2.24) is 10.3 Å². The summed E-state index contributed by atoms with van der Waals surface area (Å²) in [5.74, 6) is 0.315. The van der Waals surface area contributed by atoms with Gasteiger partial charge in [0.25, 0.3) is 0 Å². The van der Waals surface area contributed by atoms with E-state index in [1.54, 1.807) is 12.1 Å². The quantitative estimate of drug-likeness (QED) is 0.835. The van der Waals surface area contributed by atoms with Crippen LogP contribution in [0.2, 0.25) is 0 Å². The lowest BCUT2D eigenvalue weighted by atomic mass is 10.0. The van der Waals surface area contributed by atoms with Crippen molar-refractivity contribution in [2.75, 3.05) is 6.54 Å². The molecule has 0 aliphatic heterocycles. The highest BCUT2D eigenvalue weighted by Crippen LogP contribution is 2.19. The molecular weight excluding hydrogens is 236 g/mol. The summed E-state index contributed by atoms with van der Waals surface area (Å²) >= 11 is 0. The van der Waals surface area contributed by atoms with Crippen molar-refractivity contribution in [3.8, 4) is 5.75 Å². The molecule has 0 bridgehead atoms.